The molecule has 0 radical (unpaired) electrons. The van der Waals surface area contributed by atoms with Gasteiger partial charge in [0.05, 0.1) is 18.8 Å². The number of halogens is 2. The molecule has 8 nitrogen and oxygen atoms in total. The summed E-state index contributed by atoms with van der Waals surface area (Å²) in [6.07, 6.45) is 1.57. The number of hydrogen-bond donors (Lipinski definition) is 1. The number of carbonyl (C=O) groups excluding carboxylic acids is 1. The quantitative estimate of drug-likeness (QED) is 0.462. The molecule has 1 aromatic carbocycles. The molecule has 4 heterocycles. The summed E-state index contributed by atoms with van der Waals surface area (Å²) in [5.74, 6) is 0.429. The number of carbonyl (C=O) groups is 1. The van der Waals surface area contributed by atoms with E-state index in [1.165, 1.54) is 12.4 Å². The summed E-state index contributed by atoms with van der Waals surface area (Å²) in [5.41, 5.74) is 2.32. The Balaban J connectivity index is 1.43. The van der Waals surface area contributed by atoms with Gasteiger partial charge < -0.3 is 19.4 Å². The summed E-state index contributed by atoms with van der Waals surface area (Å²) in [6, 6.07) is 7.34. The monoisotopic (exact) mass is 465 g/mol. The van der Waals surface area contributed by atoms with Crippen molar-refractivity contribution >= 4 is 39.3 Å². The molecule has 1 N–H and O–H groups in total. The molecule has 1 aliphatic heterocycles. The summed E-state index contributed by atoms with van der Waals surface area (Å²) < 4.78 is 38.7. The van der Waals surface area contributed by atoms with Gasteiger partial charge in [0.25, 0.3) is 6.43 Å². The zero-order valence-electron chi connectivity index (χ0n) is 18.1. The Morgan fingerprint density at radius 1 is 1.09 bits per heavy atom. The molecule has 6 rings (SSSR count). The van der Waals surface area contributed by atoms with Crippen LogP contribution in [0.3, 0.4) is 0 Å². The minimum atomic E-state index is -2.77. The van der Waals surface area contributed by atoms with E-state index in [1.54, 1.807) is 6.07 Å². The lowest BCUT2D eigenvalue weighted by Crippen LogP contribution is -2.36. The second-order valence-electron chi connectivity index (χ2n) is 8.51. The number of ether oxygens (including phenoxy) is 1. The maximum absolute atomic E-state index is 13.6. The molecule has 10 heteroatoms. The standard InChI is InChI=1S/C24H21F2N5O3/c25-22(26)21-16-11-27-20(30-23(32)13-1-2-13)10-15(16)17(12-28-21)24-29-18-9-14(3-4-19(18)34-24)31-5-7-33-8-6-31/h3-4,9-13,22H,1-2,5-8H2,(H,27,30,32). The molecule has 174 valence electrons. The zero-order chi connectivity index (χ0) is 23.2. The van der Waals surface area contributed by atoms with Crippen molar-refractivity contribution in [1.82, 2.24) is 15.0 Å². The Morgan fingerprint density at radius 2 is 1.91 bits per heavy atom. The number of benzene rings is 1. The van der Waals surface area contributed by atoms with Gasteiger partial charge in [-0.1, -0.05) is 0 Å². The number of morpholine rings is 1. The van der Waals surface area contributed by atoms with Gasteiger partial charge >= 0.3 is 0 Å². The van der Waals surface area contributed by atoms with Gasteiger partial charge in [-0.25, -0.2) is 18.7 Å². The first-order chi connectivity index (χ1) is 16.6. The van der Waals surface area contributed by atoms with Crippen LogP contribution >= 0.6 is 0 Å². The maximum Gasteiger partial charge on any atom is 0.281 e. The van der Waals surface area contributed by atoms with Gasteiger partial charge in [0.2, 0.25) is 11.8 Å². The highest BCUT2D eigenvalue weighted by atomic mass is 19.3. The van der Waals surface area contributed by atoms with Crippen LogP contribution in [-0.4, -0.2) is 47.2 Å². The Kier molecular flexibility index (Phi) is 5.09. The number of alkyl halides is 2. The minimum absolute atomic E-state index is 0.0104. The van der Waals surface area contributed by atoms with Crippen molar-refractivity contribution in [2.75, 3.05) is 36.5 Å². The first-order valence-electron chi connectivity index (χ1n) is 11.2. The average Bonchev–Trinajstić information content (AvgIpc) is 3.62. The number of hydrogen-bond acceptors (Lipinski definition) is 7. The van der Waals surface area contributed by atoms with Crippen molar-refractivity contribution in [3.63, 3.8) is 0 Å². The first-order valence-corrected chi connectivity index (χ1v) is 11.2. The smallest absolute Gasteiger partial charge is 0.281 e. The number of aromatic nitrogens is 3. The fourth-order valence-electron chi connectivity index (χ4n) is 4.19. The molecule has 2 aliphatic rings. The number of nitrogens with zero attached hydrogens (tertiary/aromatic N) is 4. The van der Waals surface area contributed by atoms with Crippen molar-refractivity contribution in [2.24, 2.45) is 5.92 Å². The van der Waals surface area contributed by atoms with Crippen LogP contribution in [0.5, 0.6) is 0 Å². The second kappa shape index (κ2) is 8.28. The molecule has 1 aliphatic carbocycles. The lowest BCUT2D eigenvalue weighted by atomic mass is 10.1. The van der Waals surface area contributed by atoms with Crippen molar-refractivity contribution in [3.8, 4) is 11.5 Å². The highest BCUT2D eigenvalue weighted by Crippen LogP contribution is 2.36. The summed E-state index contributed by atoms with van der Waals surface area (Å²) >= 11 is 0. The van der Waals surface area contributed by atoms with Crippen LogP contribution in [0.4, 0.5) is 20.3 Å². The number of rotatable bonds is 5. The molecule has 0 spiro atoms. The van der Waals surface area contributed by atoms with Gasteiger partial charge in [-0.15, -0.1) is 0 Å². The normalized spacial score (nSPS) is 16.5. The Hall–Kier alpha value is -3.66. The van der Waals surface area contributed by atoms with Crippen molar-refractivity contribution in [3.05, 3.63) is 42.4 Å². The largest absolute Gasteiger partial charge is 0.436 e. The molecule has 1 amide bonds. The zero-order valence-corrected chi connectivity index (χ0v) is 18.1. The van der Waals surface area contributed by atoms with Gasteiger partial charge in [-0.05, 0) is 37.1 Å². The maximum atomic E-state index is 13.6. The number of fused-ring (bicyclic) bond motifs is 2. The van der Waals surface area contributed by atoms with E-state index in [4.69, 9.17) is 9.15 Å². The summed E-state index contributed by atoms with van der Waals surface area (Å²) in [7, 11) is 0. The number of amides is 1. The van der Waals surface area contributed by atoms with Gasteiger partial charge in [-0.2, -0.15) is 0 Å². The van der Waals surface area contributed by atoms with E-state index in [-0.39, 0.29) is 28.8 Å². The molecular formula is C24H21F2N5O3. The third-order valence-electron chi connectivity index (χ3n) is 6.19. The van der Waals surface area contributed by atoms with Crippen molar-refractivity contribution < 1.29 is 22.7 Å². The van der Waals surface area contributed by atoms with Crippen LogP contribution in [0.2, 0.25) is 0 Å². The molecular weight excluding hydrogens is 444 g/mol. The molecule has 0 bridgehead atoms. The number of nitrogens with one attached hydrogen (secondary N) is 1. The van der Waals surface area contributed by atoms with E-state index in [9.17, 15) is 13.6 Å². The molecule has 34 heavy (non-hydrogen) atoms. The Bertz CT molecular complexity index is 1400. The van der Waals surface area contributed by atoms with Crippen molar-refractivity contribution in [2.45, 2.75) is 19.3 Å². The van der Waals surface area contributed by atoms with E-state index < -0.39 is 6.43 Å². The third kappa shape index (κ3) is 3.83. The Labute approximate surface area is 192 Å². The summed E-state index contributed by atoms with van der Waals surface area (Å²) in [4.78, 5) is 27.2. The van der Waals surface area contributed by atoms with Crippen LogP contribution in [0, 0.1) is 5.92 Å². The molecule has 3 aromatic heterocycles. The van der Waals surface area contributed by atoms with Crippen LogP contribution in [0.1, 0.15) is 25.0 Å². The predicted octanol–water partition coefficient (Wildman–Crippen LogP) is 4.56. The molecule has 1 saturated carbocycles. The topological polar surface area (TPSA) is 93.4 Å². The molecule has 0 unspecified atom stereocenters. The van der Waals surface area contributed by atoms with Crippen LogP contribution in [0.25, 0.3) is 33.3 Å². The second-order valence-corrected chi connectivity index (χ2v) is 8.51. The van der Waals surface area contributed by atoms with Gasteiger partial charge in [0, 0.05) is 47.9 Å². The SMILES string of the molecule is O=C(Nc1cc2c(-c3nc4cc(N5CCOCC5)ccc4o3)cnc(C(F)F)c2cn1)C1CC1. The Morgan fingerprint density at radius 3 is 2.68 bits per heavy atom. The highest BCUT2D eigenvalue weighted by molar-refractivity contribution is 6.00. The van der Waals surface area contributed by atoms with E-state index in [2.05, 4.69) is 25.2 Å². The van der Waals surface area contributed by atoms with Gasteiger partial charge in [0.1, 0.15) is 17.0 Å². The van der Waals surface area contributed by atoms with E-state index >= 15 is 0 Å². The molecule has 4 aromatic rings. The molecule has 0 atom stereocenters. The first kappa shape index (κ1) is 20.9. The van der Waals surface area contributed by atoms with Gasteiger partial charge in [0.15, 0.2) is 5.58 Å². The third-order valence-corrected chi connectivity index (χ3v) is 6.19. The number of pyridine rings is 2. The average molecular weight is 465 g/mol. The fraction of sp³-hybridized carbons (Fsp3) is 0.333. The number of anilines is 2. The minimum Gasteiger partial charge on any atom is -0.436 e. The highest BCUT2D eigenvalue weighted by Gasteiger charge is 2.30. The van der Waals surface area contributed by atoms with Gasteiger partial charge in [-0.3, -0.25) is 9.78 Å². The molecule has 1 saturated heterocycles. The van der Waals surface area contributed by atoms with Crippen molar-refractivity contribution in [1.29, 1.82) is 0 Å². The summed E-state index contributed by atoms with van der Waals surface area (Å²) in [6.45, 7) is 2.93. The fourth-order valence-corrected chi connectivity index (χ4v) is 4.19. The number of oxazole rings is 1. The van der Waals surface area contributed by atoms with E-state index in [0.717, 1.165) is 31.6 Å². The van der Waals surface area contributed by atoms with Crippen LogP contribution < -0.4 is 10.2 Å². The van der Waals surface area contributed by atoms with E-state index in [0.29, 0.717) is 41.1 Å². The predicted molar refractivity (Wildman–Crippen MR) is 122 cm³/mol. The van der Waals surface area contributed by atoms with E-state index in [1.807, 2.05) is 18.2 Å². The van der Waals surface area contributed by atoms with Crippen LogP contribution in [-0.2, 0) is 9.53 Å². The molecule has 2 fully saturated rings. The lowest BCUT2D eigenvalue weighted by molar-refractivity contribution is -0.117. The summed E-state index contributed by atoms with van der Waals surface area (Å²) in [5, 5.41) is 3.39. The van der Waals surface area contributed by atoms with Crippen LogP contribution in [0.15, 0.2) is 41.1 Å². The lowest BCUT2D eigenvalue weighted by Gasteiger charge is -2.28.